The van der Waals surface area contributed by atoms with Crippen molar-refractivity contribution in [2.45, 2.75) is 24.6 Å². The SMILES string of the molecule is CS(=O)(=O)C(Nc1cccc([C@H](O)CN(Cc2ccccc2)Cc2ccccc2)c1)c1ccccc1. The lowest BCUT2D eigenvalue weighted by Crippen LogP contribution is -2.28. The average Bonchev–Trinajstić information content (AvgIpc) is 2.88. The largest absolute Gasteiger partial charge is 0.387 e. The van der Waals surface area contributed by atoms with Crippen LogP contribution in [0.4, 0.5) is 5.69 Å². The van der Waals surface area contributed by atoms with E-state index in [1.54, 1.807) is 12.1 Å². The molecule has 0 saturated heterocycles. The summed E-state index contributed by atoms with van der Waals surface area (Å²) in [5, 5.41) is 13.5. The summed E-state index contributed by atoms with van der Waals surface area (Å²) in [5.74, 6) is 0. The number of nitrogens with one attached hydrogen (secondary N) is 1. The number of aliphatic hydroxyl groups excluding tert-OH is 1. The fourth-order valence-electron chi connectivity index (χ4n) is 4.27. The molecule has 0 aliphatic rings. The molecule has 0 aliphatic carbocycles. The highest BCUT2D eigenvalue weighted by atomic mass is 32.2. The first kappa shape index (κ1) is 25.6. The third-order valence-corrected chi connectivity index (χ3v) is 7.28. The molecule has 2 atom stereocenters. The van der Waals surface area contributed by atoms with Gasteiger partial charge in [-0.3, -0.25) is 4.90 Å². The molecule has 4 rings (SSSR count). The number of aliphatic hydroxyl groups is 1. The Hall–Kier alpha value is -3.45. The lowest BCUT2D eigenvalue weighted by Gasteiger charge is -2.26. The van der Waals surface area contributed by atoms with E-state index in [4.69, 9.17) is 0 Å². The predicted octanol–water partition coefficient (Wildman–Crippen LogP) is 5.58. The summed E-state index contributed by atoms with van der Waals surface area (Å²) >= 11 is 0. The molecular formula is C30H32N2O3S. The van der Waals surface area contributed by atoms with Crippen LogP contribution in [0.3, 0.4) is 0 Å². The first-order chi connectivity index (χ1) is 17.4. The van der Waals surface area contributed by atoms with Gasteiger partial charge in [0.05, 0.1) is 6.10 Å². The molecule has 5 nitrogen and oxygen atoms in total. The van der Waals surface area contributed by atoms with E-state index in [1.807, 2.05) is 78.9 Å². The smallest absolute Gasteiger partial charge is 0.172 e. The van der Waals surface area contributed by atoms with E-state index in [9.17, 15) is 13.5 Å². The Kier molecular flexibility index (Phi) is 8.54. The Morgan fingerprint density at radius 1 is 0.722 bits per heavy atom. The van der Waals surface area contributed by atoms with Gasteiger partial charge in [-0.1, -0.05) is 103 Å². The molecule has 0 bridgehead atoms. The molecule has 0 aliphatic heterocycles. The second-order valence-corrected chi connectivity index (χ2v) is 11.2. The number of sulfone groups is 1. The maximum Gasteiger partial charge on any atom is 0.172 e. The topological polar surface area (TPSA) is 69.6 Å². The summed E-state index contributed by atoms with van der Waals surface area (Å²) < 4.78 is 25.1. The van der Waals surface area contributed by atoms with Gasteiger partial charge in [0.2, 0.25) is 0 Å². The normalized spacial score (nSPS) is 13.3. The van der Waals surface area contributed by atoms with Crippen LogP contribution in [0.15, 0.2) is 115 Å². The molecule has 0 amide bonds. The molecule has 2 N–H and O–H groups in total. The van der Waals surface area contributed by atoms with Crippen LogP contribution in [-0.2, 0) is 22.9 Å². The molecule has 4 aromatic rings. The van der Waals surface area contributed by atoms with Gasteiger partial charge < -0.3 is 10.4 Å². The van der Waals surface area contributed by atoms with Gasteiger partial charge >= 0.3 is 0 Å². The van der Waals surface area contributed by atoms with Crippen molar-refractivity contribution in [2.75, 3.05) is 18.1 Å². The Morgan fingerprint density at radius 3 is 1.75 bits per heavy atom. The van der Waals surface area contributed by atoms with E-state index < -0.39 is 21.3 Å². The second kappa shape index (κ2) is 12.0. The predicted molar refractivity (Wildman–Crippen MR) is 146 cm³/mol. The summed E-state index contributed by atoms with van der Waals surface area (Å²) in [7, 11) is -3.42. The minimum Gasteiger partial charge on any atom is -0.387 e. The molecule has 0 radical (unpaired) electrons. The Labute approximate surface area is 214 Å². The van der Waals surface area contributed by atoms with Crippen LogP contribution in [-0.4, -0.2) is 31.2 Å². The molecule has 36 heavy (non-hydrogen) atoms. The molecule has 6 heteroatoms. The Morgan fingerprint density at radius 2 is 1.22 bits per heavy atom. The van der Waals surface area contributed by atoms with Crippen molar-refractivity contribution >= 4 is 15.5 Å². The highest BCUT2D eigenvalue weighted by Gasteiger charge is 2.23. The van der Waals surface area contributed by atoms with Crippen molar-refractivity contribution in [3.8, 4) is 0 Å². The summed E-state index contributed by atoms with van der Waals surface area (Å²) in [4.78, 5) is 2.22. The molecule has 1 unspecified atom stereocenters. The van der Waals surface area contributed by atoms with E-state index in [1.165, 1.54) is 17.4 Å². The van der Waals surface area contributed by atoms with Gasteiger partial charge in [0.1, 0.15) is 0 Å². The van der Waals surface area contributed by atoms with Gasteiger partial charge in [-0.05, 0) is 34.4 Å². The lowest BCUT2D eigenvalue weighted by atomic mass is 10.1. The summed E-state index contributed by atoms with van der Waals surface area (Å²) in [6.45, 7) is 1.84. The van der Waals surface area contributed by atoms with E-state index in [0.29, 0.717) is 30.9 Å². The highest BCUT2D eigenvalue weighted by Crippen LogP contribution is 2.27. The number of benzene rings is 4. The minimum absolute atomic E-state index is 0.432. The Balaban J connectivity index is 1.52. The summed E-state index contributed by atoms with van der Waals surface area (Å²) in [5.41, 5.74) is 4.39. The molecule has 0 spiro atoms. The quantitative estimate of drug-likeness (QED) is 0.281. The van der Waals surface area contributed by atoms with Gasteiger partial charge in [0.25, 0.3) is 0 Å². The molecular weight excluding hydrogens is 468 g/mol. The molecule has 186 valence electrons. The van der Waals surface area contributed by atoms with Gasteiger partial charge in [-0.25, -0.2) is 8.42 Å². The number of anilines is 1. The standard InChI is InChI=1S/C30H32N2O3S/c1-36(34,35)30(26-16-9-4-10-17-26)31-28-19-11-18-27(20-28)29(33)23-32(21-24-12-5-2-6-13-24)22-25-14-7-3-8-15-25/h2-20,29-31,33H,21-23H2,1H3/t29-,30?/m1/s1. The van der Waals surface area contributed by atoms with Crippen LogP contribution >= 0.6 is 0 Å². The van der Waals surface area contributed by atoms with E-state index in [-0.39, 0.29) is 0 Å². The van der Waals surface area contributed by atoms with E-state index in [0.717, 1.165) is 5.56 Å². The maximum atomic E-state index is 12.5. The molecule has 0 fully saturated rings. The monoisotopic (exact) mass is 500 g/mol. The zero-order valence-electron chi connectivity index (χ0n) is 20.4. The molecule has 0 heterocycles. The molecule has 0 saturated carbocycles. The van der Waals surface area contributed by atoms with E-state index >= 15 is 0 Å². The number of hydrogen-bond donors (Lipinski definition) is 2. The van der Waals surface area contributed by atoms with Crippen LogP contribution in [0.5, 0.6) is 0 Å². The highest BCUT2D eigenvalue weighted by molar-refractivity contribution is 7.91. The fourth-order valence-corrected chi connectivity index (χ4v) is 5.27. The fraction of sp³-hybridized carbons (Fsp3) is 0.200. The van der Waals surface area contributed by atoms with Crippen LogP contribution in [0.25, 0.3) is 0 Å². The van der Waals surface area contributed by atoms with Crippen molar-refractivity contribution in [1.82, 2.24) is 4.90 Å². The van der Waals surface area contributed by atoms with Crippen LogP contribution in [0, 0.1) is 0 Å². The zero-order valence-corrected chi connectivity index (χ0v) is 21.2. The number of hydrogen-bond acceptors (Lipinski definition) is 5. The minimum atomic E-state index is -3.42. The van der Waals surface area contributed by atoms with Gasteiger partial charge in [-0.2, -0.15) is 0 Å². The second-order valence-electron chi connectivity index (χ2n) is 9.05. The first-order valence-corrected chi connectivity index (χ1v) is 13.9. The molecule has 4 aromatic carbocycles. The van der Waals surface area contributed by atoms with Crippen LogP contribution in [0.2, 0.25) is 0 Å². The van der Waals surface area contributed by atoms with Crippen LogP contribution < -0.4 is 5.32 Å². The third-order valence-electron chi connectivity index (χ3n) is 6.03. The summed E-state index contributed by atoms with van der Waals surface area (Å²) in [6.07, 6.45) is 0.481. The zero-order chi connectivity index (χ0) is 25.4. The lowest BCUT2D eigenvalue weighted by molar-refractivity contribution is 0.105. The van der Waals surface area contributed by atoms with Gasteiger partial charge in [-0.15, -0.1) is 0 Å². The van der Waals surface area contributed by atoms with Crippen molar-refractivity contribution in [2.24, 2.45) is 0 Å². The van der Waals surface area contributed by atoms with Crippen LogP contribution in [0.1, 0.15) is 33.7 Å². The van der Waals surface area contributed by atoms with Gasteiger partial charge in [0.15, 0.2) is 15.2 Å². The third kappa shape index (κ3) is 7.28. The van der Waals surface area contributed by atoms with Crippen molar-refractivity contribution in [3.63, 3.8) is 0 Å². The van der Waals surface area contributed by atoms with Crippen molar-refractivity contribution in [3.05, 3.63) is 138 Å². The van der Waals surface area contributed by atoms with Crippen molar-refractivity contribution in [1.29, 1.82) is 0 Å². The Bertz CT molecular complexity index is 1290. The maximum absolute atomic E-state index is 12.5. The summed E-state index contributed by atoms with van der Waals surface area (Å²) in [6, 6.07) is 36.9. The average molecular weight is 501 g/mol. The first-order valence-electron chi connectivity index (χ1n) is 12.0. The van der Waals surface area contributed by atoms with Crippen molar-refractivity contribution < 1.29 is 13.5 Å². The van der Waals surface area contributed by atoms with E-state index in [2.05, 4.69) is 34.5 Å². The number of nitrogens with zero attached hydrogens (tertiary/aromatic N) is 1. The van der Waals surface area contributed by atoms with Gasteiger partial charge in [0, 0.05) is 31.6 Å². The molecule has 0 aromatic heterocycles. The number of rotatable bonds is 11.